The van der Waals surface area contributed by atoms with Crippen molar-refractivity contribution >= 4 is 88.4 Å². The van der Waals surface area contributed by atoms with Gasteiger partial charge in [-0.05, 0) is 79.5 Å². The van der Waals surface area contributed by atoms with Crippen LogP contribution in [0.2, 0.25) is 0 Å². The molecule has 0 atom stereocenters. The number of hydrogen-bond donors (Lipinski definition) is 0. The van der Waals surface area contributed by atoms with E-state index in [9.17, 15) is 0 Å². The molecule has 228 valence electrons. The fourth-order valence-electron chi connectivity index (χ4n) is 7.02. The summed E-state index contributed by atoms with van der Waals surface area (Å²) in [6.07, 6.45) is 0. The van der Waals surface area contributed by atoms with E-state index in [1.165, 1.54) is 11.1 Å². The van der Waals surface area contributed by atoms with Gasteiger partial charge in [-0.1, -0.05) is 128 Å². The van der Waals surface area contributed by atoms with Crippen LogP contribution in [0.5, 0.6) is 0 Å². The van der Waals surface area contributed by atoms with Gasteiger partial charge in [-0.3, -0.25) is 0 Å². The van der Waals surface area contributed by atoms with E-state index in [0.29, 0.717) is 16.5 Å². The molecule has 6 heteroatoms. The van der Waals surface area contributed by atoms with Gasteiger partial charge in [0.05, 0.1) is 11.0 Å². The maximum Gasteiger partial charge on any atom is 0.113 e. The zero-order valence-electron chi connectivity index (χ0n) is 29.8. The Balaban J connectivity index is 1.88. The fraction of sp³-hybridized carbons (Fsp3) is 0.286. The predicted molar refractivity (Wildman–Crippen MR) is 215 cm³/mol. The largest absolute Gasteiger partial charge is 0.309 e. The van der Waals surface area contributed by atoms with Crippen molar-refractivity contribution in [3.63, 3.8) is 0 Å². The standard InChI is InChI=1S/C42H40B5N/c1-40(2,3)24-20-25(41(4,5)6)22-26(21-24)48-29-17-13-16-27(23-14-11-10-12-15-23)31(29)33-30(48)19-18-28(34(33)42(7,8)9)32-35(43)37(45)39(47)38(46)36(32)44/h10-22H,1-9H3. The van der Waals surface area contributed by atoms with E-state index in [1.807, 2.05) is 0 Å². The second-order valence-electron chi connectivity index (χ2n) is 16.2. The highest BCUT2D eigenvalue weighted by Crippen LogP contribution is 2.46. The molecule has 0 spiro atoms. The summed E-state index contributed by atoms with van der Waals surface area (Å²) in [6.45, 7) is 20.4. The van der Waals surface area contributed by atoms with E-state index in [-0.39, 0.29) is 32.6 Å². The van der Waals surface area contributed by atoms with E-state index < -0.39 is 0 Å². The molecule has 0 fully saturated rings. The number of nitrogens with zero attached hydrogens (tertiary/aromatic N) is 1. The monoisotopic (exact) mass is 613 g/mol. The van der Waals surface area contributed by atoms with Crippen LogP contribution >= 0.6 is 0 Å². The van der Waals surface area contributed by atoms with E-state index >= 15 is 0 Å². The van der Waals surface area contributed by atoms with Gasteiger partial charge < -0.3 is 4.57 Å². The molecule has 0 aliphatic carbocycles. The minimum absolute atomic E-state index is 0.0439. The lowest BCUT2D eigenvalue weighted by Crippen LogP contribution is -2.55. The number of fused-ring (bicyclic) bond motifs is 3. The van der Waals surface area contributed by atoms with Crippen molar-refractivity contribution in [2.24, 2.45) is 0 Å². The molecule has 0 saturated heterocycles. The number of benzene rings is 5. The summed E-state index contributed by atoms with van der Waals surface area (Å²) in [6, 6.07) is 28.6. The lowest BCUT2D eigenvalue weighted by Gasteiger charge is -2.29. The second kappa shape index (κ2) is 11.7. The highest BCUT2D eigenvalue weighted by Gasteiger charge is 2.30. The normalized spacial score (nSPS) is 12.7. The van der Waals surface area contributed by atoms with E-state index in [4.69, 9.17) is 39.2 Å². The minimum Gasteiger partial charge on any atom is -0.309 e. The summed E-state index contributed by atoms with van der Waals surface area (Å²) in [4.78, 5) is 0. The molecule has 6 aromatic rings. The van der Waals surface area contributed by atoms with Gasteiger partial charge in [-0.25, -0.2) is 0 Å². The van der Waals surface area contributed by atoms with Gasteiger partial charge in [0.2, 0.25) is 0 Å². The lowest BCUT2D eigenvalue weighted by atomic mass is 9.59. The van der Waals surface area contributed by atoms with Gasteiger partial charge >= 0.3 is 0 Å². The van der Waals surface area contributed by atoms with Crippen LogP contribution in [0.1, 0.15) is 79.0 Å². The first-order valence-corrected chi connectivity index (χ1v) is 16.7. The lowest BCUT2D eigenvalue weighted by molar-refractivity contribution is 0.568. The third kappa shape index (κ3) is 5.60. The summed E-state index contributed by atoms with van der Waals surface area (Å²) in [5, 5.41) is 2.30. The molecule has 1 heterocycles. The Morgan fingerprint density at radius 2 is 0.979 bits per heavy atom. The molecule has 0 bridgehead atoms. The molecule has 1 nitrogen and oxygen atoms in total. The molecule has 0 amide bonds. The molecular weight excluding hydrogens is 573 g/mol. The first kappa shape index (κ1) is 34.1. The van der Waals surface area contributed by atoms with Crippen molar-refractivity contribution in [3.8, 4) is 27.9 Å². The summed E-state index contributed by atoms with van der Waals surface area (Å²) in [5.74, 6) is 0. The fourth-order valence-corrected chi connectivity index (χ4v) is 7.02. The SMILES string of the molecule is [B]c1c([B])c([B])c(-c2ccc3c(c2C(C)(C)C)c2c(-c4ccccc4)cccc2n3-c2cc(C(C)(C)C)cc(C(C)(C)C)c2)c([B])c1[B]. The molecule has 6 rings (SSSR count). The average molecular weight is 613 g/mol. The third-order valence-corrected chi connectivity index (χ3v) is 9.67. The van der Waals surface area contributed by atoms with Crippen molar-refractivity contribution in [1.29, 1.82) is 0 Å². The zero-order valence-corrected chi connectivity index (χ0v) is 29.8. The molecule has 48 heavy (non-hydrogen) atoms. The molecule has 0 unspecified atom stereocenters. The Bertz CT molecular complexity index is 2160. The van der Waals surface area contributed by atoms with Gasteiger partial charge in [0.15, 0.2) is 0 Å². The summed E-state index contributed by atoms with van der Waals surface area (Å²) in [7, 11) is 32.6. The van der Waals surface area contributed by atoms with Crippen LogP contribution in [0.15, 0.2) is 78.9 Å². The minimum atomic E-state index is -0.342. The van der Waals surface area contributed by atoms with Crippen LogP contribution in [-0.2, 0) is 16.2 Å². The van der Waals surface area contributed by atoms with Gasteiger partial charge in [-0.15, -0.1) is 16.4 Å². The first-order chi connectivity index (χ1) is 22.3. The molecule has 0 aliphatic heterocycles. The topological polar surface area (TPSA) is 4.93 Å². The van der Waals surface area contributed by atoms with Crippen LogP contribution in [0, 0.1) is 0 Å². The quantitative estimate of drug-likeness (QED) is 0.217. The van der Waals surface area contributed by atoms with Crippen molar-refractivity contribution < 1.29 is 0 Å². The third-order valence-electron chi connectivity index (χ3n) is 9.67. The maximum absolute atomic E-state index is 6.74. The van der Waals surface area contributed by atoms with Crippen molar-refractivity contribution in [1.82, 2.24) is 4.57 Å². The zero-order chi connectivity index (χ0) is 35.1. The first-order valence-electron chi connectivity index (χ1n) is 16.7. The molecule has 0 saturated carbocycles. The predicted octanol–water partition coefficient (Wildman–Crippen LogP) is 5.98. The van der Waals surface area contributed by atoms with E-state index in [1.54, 1.807) is 0 Å². The number of hydrogen-bond acceptors (Lipinski definition) is 0. The average Bonchev–Trinajstić information content (AvgIpc) is 3.36. The molecule has 0 aliphatic rings. The van der Waals surface area contributed by atoms with Crippen LogP contribution in [0.3, 0.4) is 0 Å². The second-order valence-corrected chi connectivity index (χ2v) is 16.2. The molecular formula is C42H40B5N. The summed E-state index contributed by atoms with van der Waals surface area (Å²) < 4.78 is 2.43. The van der Waals surface area contributed by atoms with Crippen LogP contribution < -0.4 is 27.3 Å². The van der Waals surface area contributed by atoms with Crippen LogP contribution in [0.4, 0.5) is 0 Å². The van der Waals surface area contributed by atoms with Crippen molar-refractivity contribution in [2.45, 2.75) is 78.6 Å². The molecule has 0 N–H and O–H groups in total. The van der Waals surface area contributed by atoms with E-state index in [2.05, 4.69) is 146 Å². The Morgan fingerprint density at radius 1 is 0.458 bits per heavy atom. The maximum atomic E-state index is 6.74. The van der Waals surface area contributed by atoms with Gasteiger partial charge in [0.1, 0.15) is 39.2 Å². The van der Waals surface area contributed by atoms with Crippen molar-refractivity contribution in [3.05, 3.63) is 95.6 Å². The van der Waals surface area contributed by atoms with Gasteiger partial charge in [0.25, 0.3) is 0 Å². The van der Waals surface area contributed by atoms with Crippen LogP contribution in [-0.4, -0.2) is 43.8 Å². The molecule has 10 radical (unpaired) electrons. The van der Waals surface area contributed by atoms with Gasteiger partial charge in [0, 0.05) is 16.5 Å². The highest BCUT2D eigenvalue weighted by molar-refractivity contribution is 6.68. The van der Waals surface area contributed by atoms with Crippen LogP contribution in [0.25, 0.3) is 49.7 Å². The Morgan fingerprint density at radius 3 is 1.50 bits per heavy atom. The number of aromatic nitrogens is 1. The highest BCUT2D eigenvalue weighted by atomic mass is 15.0. The Hall–Kier alpha value is -3.78. The molecule has 5 aromatic carbocycles. The van der Waals surface area contributed by atoms with Gasteiger partial charge in [-0.2, -0.15) is 0 Å². The smallest absolute Gasteiger partial charge is 0.113 e. The molecule has 1 aromatic heterocycles. The van der Waals surface area contributed by atoms with E-state index in [0.717, 1.165) is 49.7 Å². The van der Waals surface area contributed by atoms with Crippen molar-refractivity contribution in [2.75, 3.05) is 0 Å². The Labute approximate surface area is 294 Å². The summed E-state index contributed by atoms with van der Waals surface area (Å²) in [5.41, 5.74) is 11.8. The Kier molecular flexibility index (Phi) is 8.30. The number of rotatable bonds is 3. The summed E-state index contributed by atoms with van der Waals surface area (Å²) >= 11 is 0.